The molecule has 0 amide bonds. The van der Waals surface area contributed by atoms with Gasteiger partial charge in [-0.2, -0.15) is 0 Å². The minimum absolute atomic E-state index is 0.579. The maximum absolute atomic E-state index is 2.56. The molecule has 0 heteroatoms. The van der Waals surface area contributed by atoms with Crippen LogP contribution >= 0.6 is 0 Å². The van der Waals surface area contributed by atoms with Crippen molar-refractivity contribution in [3.05, 3.63) is 23.8 Å². The quantitative estimate of drug-likeness (QED) is 0.305. The van der Waals surface area contributed by atoms with Crippen LogP contribution in [0.1, 0.15) is 98.3 Å². The van der Waals surface area contributed by atoms with Crippen molar-refractivity contribution >= 4 is 0 Å². The van der Waals surface area contributed by atoms with E-state index < -0.39 is 0 Å². The molecule has 0 saturated heterocycles. The summed E-state index contributed by atoms with van der Waals surface area (Å²) in [6.45, 7) is 9.52. The summed E-state index contributed by atoms with van der Waals surface area (Å²) in [5.41, 5.74) is 2.33. The van der Waals surface area contributed by atoms with Crippen LogP contribution in [-0.2, 0) is 0 Å². The lowest BCUT2D eigenvalue weighted by molar-refractivity contribution is 0.134. The van der Waals surface area contributed by atoms with Gasteiger partial charge in [-0.1, -0.05) is 70.8 Å². The molecular weight excluding hydrogens is 252 g/mol. The van der Waals surface area contributed by atoms with E-state index in [1.54, 1.807) is 5.57 Å². The molecular formula is C21H38. The van der Waals surface area contributed by atoms with Crippen molar-refractivity contribution in [2.24, 2.45) is 11.3 Å². The summed E-state index contributed by atoms with van der Waals surface area (Å²) < 4.78 is 0. The van der Waals surface area contributed by atoms with Crippen LogP contribution in [0.3, 0.4) is 0 Å². The van der Waals surface area contributed by atoms with Gasteiger partial charge in [-0.05, 0) is 62.7 Å². The molecule has 0 aromatic carbocycles. The largest absolute Gasteiger partial charge is 0.0885 e. The van der Waals surface area contributed by atoms with Crippen molar-refractivity contribution < 1.29 is 0 Å². The van der Waals surface area contributed by atoms with E-state index in [2.05, 4.69) is 45.9 Å². The number of hydrogen-bond donors (Lipinski definition) is 0. The summed E-state index contributed by atoms with van der Waals surface area (Å²) in [5, 5.41) is 0. The Morgan fingerprint density at radius 3 is 2.48 bits per heavy atom. The highest BCUT2D eigenvalue weighted by molar-refractivity contribution is 5.08. The van der Waals surface area contributed by atoms with Crippen LogP contribution in [0.5, 0.6) is 0 Å². The SMILES string of the molecule is CCC/C=C/CC/C=C1\CCCC([C@@](C)(CC)CCC)C1. The number of rotatable bonds is 9. The lowest BCUT2D eigenvalue weighted by Gasteiger charge is -2.40. The first-order valence-electron chi connectivity index (χ1n) is 9.49. The van der Waals surface area contributed by atoms with E-state index >= 15 is 0 Å². The van der Waals surface area contributed by atoms with Gasteiger partial charge in [-0.25, -0.2) is 0 Å². The van der Waals surface area contributed by atoms with Gasteiger partial charge >= 0.3 is 0 Å². The van der Waals surface area contributed by atoms with E-state index in [0.717, 1.165) is 5.92 Å². The minimum atomic E-state index is 0.579. The monoisotopic (exact) mass is 290 g/mol. The zero-order valence-electron chi connectivity index (χ0n) is 15.1. The van der Waals surface area contributed by atoms with Crippen LogP contribution in [0.25, 0.3) is 0 Å². The van der Waals surface area contributed by atoms with Crippen molar-refractivity contribution in [1.29, 1.82) is 0 Å². The Bertz CT molecular complexity index is 323. The van der Waals surface area contributed by atoms with Gasteiger partial charge in [0.1, 0.15) is 0 Å². The smallest absolute Gasteiger partial charge is 0.0287 e. The van der Waals surface area contributed by atoms with Gasteiger partial charge in [0.05, 0.1) is 0 Å². The Morgan fingerprint density at radius 1 is 1.05 bits per heavy atom. The summed E-state index contributed by atoms with van der Waals surface area (Å²) in [7, 11) is 0. The molecule has 21 heavy (non-hydrogen) atoms. The Morgan fingerprint density at radius 2 is 1.81 bits per heavy atom. The van der Waals surface area contributed by atoms with Crippen LogP contribution < -0.4 is 0 Å². The normalized spacial score (nSPS) is 24.6. The molecule has 0 bridgehead atoms. The molecule has 0 heterocycles. The molecule has 0 spiro atoms. The molecule has 1 fully saturated rings. The van der Waals surface area contributed by atoms with E-state index in [1.807, 2.05) is 0 Å². The molecule has 1 unspecified atom stereocenters. The summed E-state index contributed by atoms with van der Waals surface area (Å²) in [5.74, 6) is 0.929. The number of allylic oxidation sites excluding steroid dienone is 4. The van der Waals surface area contributed by atoms with Gasteiger partial charge in [0, 0.05) is 0 Å². The van der Waals surface area contributed by atoms with Crippen molar-refractivity contribution in [3.8, 4) is 0 Å². The lowest BCUT2D eigenvalue weighted by Crippen LogP contribution is -2.29. The molecule has 0 radical (unpaired) electrons. The average molecular weight is 291 g/mol. The predicted molar refractivity (Wildman–Crippen MR) is 96.6 cm³/mol. The van der Waals surface area contributed by atoms with Gasteiger partial charge in [-0.3, -0.25) is 0 Å². The van der Waals surface area contributed by atoms with Crippen LogP contribution in [0, 0.1) is 11.3 Å². The van der Waals surface area contributed by atoms with Gasteiger partial charge in [0.2, 0.25) is 0 Å². The third kappa shape index (κ3) is 6.41. The van der Waals surface area contributed by atoms with E-state index in [1.165, 1.54) is 70.6 Å². The lowest BCUT2D eigenvalue weighted by atomic mass is 9.65. The molecule has 0 nitrogen and oxygen atoms in total. The molecule has 0 aromatic heterocycles. The molecule has 1 rings (SSSR count). The maximum atomic E-state index is 2.56. The van der Waals surface area contributed by atoms with Gasteiger partial charge in [-0.15, -0.1) is 0 Å². The van der Waals surface area contributed by atoms with Gasteiger partial charge < -0.3 is 0 Å². The van der Waals surface area contributed by atoms with Crippen LogP contribution in [-0.4, -0.2) is 0 Å². The second kappa shape index (κ2) is 10.2. The highest BCUT2D eigenvalue weighted by Crippen LogP contribution is 2.45. The zero-order chi connectivity index (χ0) is 15.6. The number of unbranched alkanes of at least 4 members (excludes halogenated alkanes) is 2. The van der Waals surface area contributed by atoms with Gasteiger partial charge in [0.15, 0.2) is 0 Å². The predicted octanol–water partition coefficient (Wildman–Crippen LogP) is 7.46. The van der Waals surface area contributed by atoms with Crippen LogP contribution in [0.4, 0.5) is 0 Å². The molecule has 2 atom stereocenters. The van der Waals surface area contributed by atoms with Crippen molar-refractivity contribution in [3.63, 3.8) is 0 Å². The fraction of sp³-hybridized carbons (Fsp3) is 0.810. The first-order valence-corrected chi connectivity index (χ1v) is 9.49. The van der Waals surface area contributed by atoms with E-state index in [0.29, 0.717) is 5.41 Å². The van der Waals surface area contributed by atoms with Crippen LogP contribution in [0.2, 0.25) is 0 Å². The first kappa shape index (κ1) is 18.5. The molecule has 1 aliphatic rings. The molecule has 122 valence electrons. The molecule has 0 aromatic rings. The van der Waals surface area contributed by atoms with Crippen LogP contribution in [0.15, 0.2) is 23.8 Å². The summed E-state index contributed by atoms with van der Waals surface area (Å²) in [6.07, 6.45) is 22.0. The molecule has 1 saturated carbocycles. The Labute approximate surface area is 134 Å². The summed E-state index contributed by atoms with van der Waals surface area (Å²) in [6, 6.07) is 0. The fourth-order valence-electron chi connectivity index (χ4n) is 3.90. The zero-order valence-corrected chi connectivity index (χ0v) is 15.1. The minimum Gasteiger partial charge on any atom is -0.0885 e. The third-order valence-corrected chi connectivity index (χ3v) is 5.56. The Kier molecular flexibility index (Phi) is 9.04. The van der Waals surface area contributed by atoms with Gasteiger partial charge in [0.25, 0.3) is 0 Å². The molecule has 0 N–H and O–H groups in total. The fourth-order valence-corrected chi connectivity index (χ4v) is 3.90. The highest BCUT2D eigenvalue weighted by Gasteiger charge is 2.33. The summed E-state index contributed by atoms with van der Waals surface area (Å²) >= 11 is 0. The van der Waals surface area contributed by atoms with Crippen molar-refractivity contribution in [1.82, 2.24) is 0 Å². The van der Waals surface area contributed by atoms with E-state index in [-0.39, 0.29) is 0 Å². The number of hydrogen-bond acceptors (Lipinski definition) is 0. The Hall–Kier alpha value is -0.520. The second-order valence-electron chi connectivity index (χ2n) is 7.25. The van der Waals surface area contributed by atoms with E-state index in [9.17, 15) is 0 Å². The molecule has 0 aliphatic heterocycles. The van der Waals surface area contributed by atoms with Crippen molar-refractivity contribution in [2.45, 2.75) is 98.3 Å². The molecule has 1 aliphatic carbocycles. The topological polar surface area (TPSA) is 0 Å². The maximum Gasteiger partial charge on any atom is -0.0287 e. The standard InChI is InChI=1S/C21H38/c1-5-8-9-10-11-12-14-19-15-13-16-20(18-19)21(4,7-3)17-6-2/h9-10,14,20H,5-8,11-13,15-18H2,1-4H3/b10-9+,19-14+/t20?,21-/m0/s1. The highest BCUT2D eigenvalue weighted by atomic mass is 14.4. The van der Waals surface area contributed by atoms with Crippen molar-refractivity contribution in [2.75, 3.05) is 0 Å². The second-order valence-corrected chi connectivity index (χ2v) is 7.25. The average Bonchev–Trinajstić information content (AvgIpc) is 2.51. The Balaban J connectivity index is 2.47. The first-order chi connectivity index (χ1) is 10.2. The third-order valence-electron chi connectivity index (χ3n) is 5.56. The van der Waals surface area contributed by atoms with E-state index in [4.69, 9.17) is 0 Å². The summed E-state index contributed by atoms with van der Waals surface area (Å²) in [4.78, 5) is 0.